The lowest BCUT2D eigenvalue weighted by Gasteiger charge is -2.14. The molecule has 1 aliphatic rings. The number of nitrogens with one attached hydrogen (secondary N) is 1. The predicted octanol–water partition coefficient (Wildman–Crippen LogP) is 5.07. The van der Waals surface area contributed by atoms with E-state index in [9.17, 15) is 9.59 Å². The van der Waals surface area contributed by atoms with Crippen LogP contribution in [0.25, 0.3) is 16.7 Å². The highest BCUT2D eigenvalue weighted by atomic mass is 35.5. The molecule has 34 heavy (non-hydrogen) atoms. The number of thioether (sulfide) groups is 1. The largest absolute Gasteiger partial charge is 0.349 e. The molecule has 0 atom stereocenters. The van der Waals surface area contributed by atoms with E-state index in [-0.39, 0.29) is 17.5 Å². The highest BCUT2D eigenvalue weighted by Crippen LogP contribution is 2.26. The molecule has 0 spiro atoms. The summed E-state index contributed by atoms with van der Waals surface area (Å²) in [4.78, 5) is 26.2. The smallest absolute Gasteiger partial charge is 0.262 e. The van der Waals surface area contributed by atoms with Gasteiger partial charge in [-0.2, -0.15) is 0 Å². The second-order valence-electron chi connectivity index (χ2n) is 8.68. The minimum atomic E-state index is -0.120. The monoisotopic (exact) mass is 495 g/mol. The molecule has 1 saturated carbocycles. The van der Waals surface area contributed by atoms with Crippen molar-refractivity contribution in [3.05, 3.63) is 69.0 Å². The predicted molar refractivity (Wildman–Crippen MR) is 136 cm³/mol. The number of nitrogens with zero attached hydrogens (tertiary/aromatic N) is 4. The molecular weight excluding hydrogens is 470 g/mol. The SMILES string of the molecule is CCCn1c(=O)c2ccc(C(=O)NC3CCCC3)cc2n2c(SCc3cccc(Cl)c3)nnc12. The zero-order chi connectivity index (χ0) is 23.7. The number of carbonyl (C=O) groups is 1. The lowest BCUT2D eigenvalue weighted by Crippen LogP contribution is -2.32. The molecule has 1 fully saturated rings. The maximum atomic E-state index is 13.3. The normalized spacial score (nSPS) is 14.3. The first-order valence-corrected chi connectivity index (χ1v) is 13.0. The highest BCUT2D eigenvalue weighted by Gasteiger charge is 2.21. The third-order valence-corrected chi connectivity index (χ3v) is 7.46. The Morgan fingerprint density at radius 2 is 2.00 bits per heavy atom. The van der Waals surface area contributed by atoms with Gasteiger partial charge >= 0.3 is 0 Å². The van der Waals surface area contributed by atoms with E-state index in [1.807, 2.05) is 35.6 Å². The summed E-state index contributed by atoms with van der Waals surface area (Å²) in [6, 6.07) is 13.2. The van der Waals surface area contributed by atoms with Gasteiger partial charge in [-0.1, -0.05) is 55.3 Å². The van der Waals surface area contributed by atoms with Crippen molar-refractivity contribution >= 4 is 46.0 Å². The van der Waals surface area contributed by atoms with Crippen LogP contribution in [0, 0.1) is 0 Å². The molecule has 7 nitrogen and oxygen atoms in total. The number of hydrogen-bond acceptors (Lipinski definition) is 5. The number of fused-ring (bicyclic) bond motifs is 3. The average Bonchev–Trinajstić information content (AvgIpc) is 3.50. The number of halogens is 1. The van der Waals surface area contributed by atoms with Crippen molar-refractivity contribution in [3.8, 4) is 0 Å². The van der Waals surface area contributed by atoms with Crippen LogP contribution in [0.4, 0.5) is 0 Å². The fraction of sp³-hybridized carbons (Fsp3) is 0.360. The Balaban J connectivity index is 1.59. The van der Waals surface area contributed by atoms with E-state index in [0.717, 1.165) is 37.7 Å². The maximum Gasteiger partial charge on any atom is 0.262 e. The van der Waals surface area contributed by atoms with Crippen molar-refractivity contribution in [3.63, 3.8) is 0 Å². The molecule has 0 aliphatic heterocycles. The topological polar surface area (TPSA) is 81.3 Å². The minimum absolute atomic E-state index is 0.110. The first-order valence-electron chi connectivity index (χ1n) is 11.6. The van der Waals surface area contributed by atoms with Crippen LogP contribution >= 0.6 is 23.4 Å². The molecule has 4 aromatic rings. The summed E-state index contributed by atoms with van der Waals surface area (Å²) < 4.78 is 3.56. The van der Waals surface area contributed by atoms with Gasteiger partial charge in [0.05, 0.1) is 10.9 Å². The van der Waals surface area contributed by atoms with Gasteiger partial charge in [0.1, 0.15) is 0 Å². The second kappa shape index (κ2) is 9.80. The third-order valence-electron chi connectivity index (χ3n) is 6.23. The molecule has 0 unspecified atom stereocenters. The Hall–Kier alpha value is -2.84. The van der Waals surface area contributed by atoms with Crippen LogP contribution in [0.5, 0.6) is 0 Å². The zero-order valence-corrected chi connectivity index (χ0v) is 20.5. The summed E-state index contributed by atoms with van der Waals surface area (Å²) in [5.41, 5.74) is 2.13. The number of carbonyl (C=O) groups excluding carboxylic acids is 1. The summed E-state index contributed by atoms with van der Waals surface area (Å²) in [5.74, 6) is 1.03. The standard InChI is InChI=1S/C25H26ClN5O2S/c1-2-12-30-23(33)20-11-10-17(22(32)27-19-8-3-4-9-19)14-21(20)31-24(30)28-29-25(31)34-15-16-6-5-7-18(26)13-16/h5-7,10-11,13-14,19H,2-4,8-9,12,15H2,1H3,(H,27,32). The number of benzene rings is 2. The lowest BCUT2D eigenvalue weighted by molar-refractivity contribution is 0.0938. The first-order chi connectivity index (χ1) is 16.5. The molecule has 0 saturated heterocycles. The summed E-state index contributed by atoms with van der Waals surface area (Å²) in [6.45, 7) is 2.56. The number of hydrogen-bond donors (Lipinski definition) is 1. The summed E-state index contributed by atoms with van der Waals surface area (Å²) >= 11 is 7.66. The highest BCUT2D eigenvalue weighted by molar-refractivity contribution is 7.98. The van der Waals surface area contributed by atoms with E-state index < -0.39 is 0 Å². The molecule has 1 amide bonds. The van der Waals surface area contributed by atoms with Gasteiger partial charge in [-0.3, -0.25) is 18.6 Å². The van der Waals surface area contributed by atoms with Crippen molar-refractivity contribution < 1.29 is 4.79 Å². The number of amides is 1. The lowest BCUT2D eigenvalue weighted by atomic mass is 10.1. The molecule has 0 bridgehead atoms. The van der Waals surface area contributed by atoms with Crippen LogP contribution in [-0.2, 0) is 12.3 Å². The van der Waals surface area contributed by atoms with Crippen LogP contribution in [-0.4, -0.2) is 31.1 Å². The zero-order valence-electron chi connectivity index (χ0n) is 19.0. The van der Waals surface area contributed by atoms with Crippen molar-refractivity contribution in [2.24, 2.45) is 0 Å². The van der Waals surface area contributed by atoms with Gasteiger partial charge in [-0.15, -0.1) is 10.2 Å². The van der Waals surface area contributed by atoms with Gasteiger partial charge in [0.25, 0.3) is 11.5 Å². The van der Waals surface area contributed by atoms with Gasteiger partial charge in [-0.25, -0.2) is 0 Å². The van der Waals surface area contributed by atoms with E-state index in [1.165, 1.54) is 11.8 Å². The van der Waals surface area contributed by atoms with E-state index >= 15 is 0 Å². The van der Waals surface area contributed by atoms with Crippen molar-refractivity contribution in [1.82, 2.24) is 24.5 Å². The van der Waals surface area contributed by atoms with Gasteiger partial charge in [0.15, 0.2) is 5.16 Å². The molecule has 2 aromatic carbocycles. The van der Waals surface area contributed by atoms with Gasteiger partial charge in [0, 0.05) is 28.9 Å². The Kier molecular flexibility index (Phi) is 6.61. The van der Waals surface area contributed by atoms with Gasteiger partial charge < -0.3 is 5.32 Å². The summed E-state index contributed by atoms with van der Waals surface area (Å²) in [5, 5.41) is 13.8. The molecule has 1 aliphatic carbocycles. The molecule has 2 aromatic heterocycles. The number of aromatic nitrogens is 4. The van der Waals surface area contributed by atoms with Crippen molar-refractivity contribution in [2.45, 2.75) is 62.5 Å². The van der Waals surface area contributed by atoms with Gasteiger partial charge in [-0.05, 0) is 55.2 Å². The van der Waals surface area contributed by atoms with Crippen molar-refractivity contribution in [2.75, 3.05) is 0 Å². The number of rotatable bonds is 7. The Morgan fingerprint density at radius 1 is 1.18 bits per heavy atom. The fourth-order valence-electron chi connectivity index (χ4n) is 4.55. The van der Waals surface area contributed by atoms with Crippen LogP contribution < -0.4 is 10.9 Å². The molecule has 1 N–H and O–H groups in total. The first kappa shape index (κ1) is 22.9. The molecular formula is C25H26ClN5O2S. The van der Waals surface area contributed by atoms with E-state index in [0.29, 0.717) is 44.7 Å². The second-order valence-corrected chi connectivity index (χ2v) is 10.1. The molecule has 9 heteroatoms. The van der Waals surface area contributed by atoms with E-state index in [2.05, 4.69) is 15.5 Å². The average molecular weight is 496 g/mol. The summed E-state index contributed by atoms with van der Waals surface area (Å²) in [7, 11) is 0. The van der Waals surface area contributed by atoms with Crippen LogP contribution in [0.15, 0.2) is 52.4 Å². The maximum absolute atomic E-state index is 13.3. The van der Waals surface area contributed by atoms with Crippen LogP contribution in [0.3, 0.4) is 0 Å². The van der Waals surface area contributed by atoms with E-state index in [1.54, 1.807) is 22.8 Å². The fourth-order valence-corrected chi connectivity index (χ4v) is 5.65. The van der Waals surface area contributed by atoms with Crippen LogP contribution in [0.1, 0.15) is 54.9 Å². The molecule has 2 heterocycles. The van der Waals surface area contributed by atoms with Gasteiger partial charge in [0.2, 0.25) is 5.78 Å². The molecule has 176 valence electrons. The van der Waals surface area contributed by atoms with Crippen LogP contribution in [0.2, 0.25) is 5.02 Å². The quantitative estimate of drug-likeness (QED) is 0.362. The minimum Gasteiger partial charge on any atom is -0.349 e. The Morgan fingerprint density at radius 3 is 2.76 bits per heavy atom. The Bertz CT molecular complexity index is 1420. The number of aryl methyl sites for hydroxylation is 1. The van der Waals surface area contributed by atoms with Crippen molar-refractivity contribution in [1.29, 1.82) is 0 Å². The molecule has 5 rings (SSSR count). The molecule has 0 radical (unpaired) electrons. The third kappa shape index (κ3) is 4.44. The Labute approximate surface area is 206 Å². The van der Waals surface area contributed by atoms with E-state index in [4.69, 9.17) is 11.6 Å². The summed E-state index contributed by atoms with van der Waals surface area (Å²) in [6.07, 6.45) is 5.12.